The highest BCUT2D eigenvalue weighted by molar-refractivity contribution is 6.15. The number of halogens is 1. The van der Waals surface area contributed by atoms with Crippen LogP contribution < -0.4 is 0 Å². The second kappa shape index (κ2) is 2.82. The van der Waals surface area contributed by atoms with Gasteiger partial charge in [0.2, 0.25) is 0 Å². The molecule has 0 bridgehead atoms. The summed E-state index contributed by atoms with van der Waals surface area (Å²) in [5, 5.41) is -1.12. The molecule has 0 N–H and O–H groups in total. The second-order valence-electron chi connectivity index (χ2n) is 1.97. The maximum atomic E-state index is 12.7. The first-order chi connectivity index (χ1) is 3.62. The highest BCUT2D eigenvalue weighted by atomic mass is 28.1. The predicted octanol–water partition coefficient (Wildman–Crippen LogP) is 0.780. The smallest absolute Gasteiger partial charge is 0.110 e. The third-order valence-electron chi connectivity index (χ3n) is 0.969. The van der Waals surface area contributed by atoms with Crippen LogP contribution in [-0.4, -0.2) is 15.5 Å². The van der Waals surface area contributed by atoms with Crippen LogP contribution >= 0.6 is 0 Å². The summed E-state index contributed by atoms with van der Waals surface area (Å²) < 4.78 is 12.7. The predicted molar refractivity (Wildman–Crippen MR) is 38.8 cm³/mol. The monoisotopic (exact) mass is 130 g/mol. The first kappa shape index (κ1) is 7.63. The van der Waals surface area contributed by atoms with E-state index in [1.165, 1.54) is 6.08 Å². The van der Waals surface area contributed by atoms with Gasteiger partial charge in [-0.25, -0.2) is 4.39 Å². The Morgan fingerprint density at radius 1 is 1.62 bits per heavy atom. The Morgan fingerprint density at radius 2 is 2.12 bits per heavy atom. The minimum atomic E-state index is -1.12. The summed E-state index contributed by atoms with van der Waals surface area (Å²) >= 11 is 0. The van der Waals surface area contributed by atoms with E-state index in [0.717, 1.165) is 0 Å². The summed E-state index contributed by atoms with van der Waals surface area (Å²) in [5.74, 6) is 0. The Labute approximate surface area is 52.5 Å². The molecular weight excluding hydrogens is 119 g/mol. The number of hydrogen-bond donors (Lipinski definition) is 0. The van der Waals surface area contributed by atoms with Crippen molar-refractivity contribution in [3.63, 3.8) is 0 Å². The maximum Gasteiger partial charge on any atom is 0.110 e. The van der Waals surface area contributed by atoms with Crippen LogP contribution in [0.1, 0.15) is 6.42 Å². The van der Waals surface area contributed by atoms with E-state index in [0.29, 0.717) is 16.7 Å². The molecular formula is C6H11FSi. The SMILES string of the molecule is C=CCC(F)([SiH3])C=C. The first-order valence-corrected chi connectivity index (χ1v) is 3.56. The Bertz CT molecular complexity index is 96.7. The van der Waals surface area contributed by atoms with Crippen LogP contribution in [0.15, 0.2) is 25.3 Å². The summed E-state index contributed by atoms with van der Waals surface area (Å²) in [6.07, 6.45) is 3.33. The number of hydrogen-bond acceptors (Lipinski definition) is 0. The molecule has 2 heteroatoms. The average Bonchev–Trinajstić information content (AvgIpc) is 1.67. The quantitative estimate of drug-likeness (QED) is 0.391. The van der Waals surface area contributed by atoms with E-state index in [2.05, 4.69) is 13.2 Å². The van der Waals surface area contributed by atoms with Crippen molar-refractivity contribution in [1.29, 1.82) is 0 Å². The Hall–Kier alpha value is -0.373. The van der Waals surface area contributed by atoms with E-state index >= 15 is 0 Å². The van der Waals surface area contributed by atoms with Crippen molar-refractivity contribution >= 4 is 10.2 Å². The Kier molecular flexibility index (Phi) is 2.69. The molecule has 0 aromatic heterocycles. The highest BCUT2D eigenvalue weighted by Gasteiger charge is 2.14. The molecule has 0 amide bonds. The van der Waals surface area contributed by atoms with Crippen molar-refractivity contribution < 1.29 is 4.39 Å². The largest absolute Gasteiger partial charge is 0.244 e. The van der Waals surface area contributed by atoms with Crippen LogP contribution in [-0.2, 0) is 0 Å². The fraction of sp³-hybridized carbons (Fsp3) is 0.333. The summed E-state index contributed by atoms with van der Waals surface area (Å²) in [4.78, 5) is 0. The molecule has 0 aromatic rings. The van der Waals surface area contributed by atoms with Crippen LogP contribution in [0.25, 0.3) is 0 Å². The van der Waals surface area contributed by atoms with Gasteiger partial charge in [-0.2, -0.15) is 0 Å². The molecule has 0 spiro atoms. The molecule has 0 nitrogen and oxygen atoms in total. The van der Waals surface area contributed by atoms with Gasteiger partial charge in [0, 0.05) is 0 Å². The fourth-order valence-electron chi connectivity index (χ4n) is 0.366. The topological polar surface area (TPSA) is 0 Å². The molecule has 0 aromatic carbocycles. The van der Waals surface area contributed by atoms with Crippen LogP contribution in [0.5, 0.6) is 0 Å². The van der Waals surface area contributed by atoms with Gasteiger partial charge in [-0.3, -0.25) is 0 Å². The number of allylic oxidation sites excluding steroid dienone is 2. The summed E-state index contributed by atoms with van der Waals surface area (Å²) in [6, 6.07) is 0. The van der Waals surface area contributed by atoms with Crippen molar-refractivity contribution in [2.24, 2.45) is 0 Å². The van der Waals surface area contributed by atoms with Crippen LogP contribution in [0.3, 0.4) is 0 Å². The van der Waals surface area contributed by atoms with E-state index in [1.807, 2.05) is 0 Å². The molecule has 1 unspecified atom stereocenters. The molecule has 0 saturated carbocycles. The van der Waals surface area contributed by atoms with E-state index in [1.54, 1.807) is 6.08 Å². The molecule has 1 atom stereocenters. The summed E-state index contributed by atoms with van der Waals surface area (Å²) in [7, 11) is 0.503. The third-order valence-corrected chi connectivity index (χ3v) is 1.79. The van der Waals surface area contributed by atoms with Gasteiger partial charge in [0.1, 0.15) is 5.29 Å². The Morgan fingerprint density at radius 3 is 2.25 bits per heavy atom. The van der Waals surface area contributed by atoms with Crippen LogP contribution in [0.2, 0.25) is 0 Å². The van der Waals surface area contributed by atoms with Gasteiger partial charge in [-0.05, 0) is 6.42 Å². The zero-order valence-corrected chi connectivity index (χ0v) is 7.15. The summed E-state index contributed by atoms with van der Waals surface area (Å²) in [5.41, 5.74) is 0. The number of rotatable bonds is 3. The molecule has 8 heavy (non-hydrogen) atoms. The van der Waals surface area contributed by atoms with Crippen molar-refractivity contribution in [3.8, 4) is 0 Å². The first-order valence-electron chi connectivity index (χ1n) is 2.56. The molecule has 0 saturated heterocycles. The van der Waals surface area contributed by atoms with Gasteiger partial charge in [0.05, 0.1) is 10.2 Å². The average molecular weight is 130 g/mol. The second-order valence-corrected chi connectivity index (χ2v) is 3.64. The van der Waals surface area contributed by atoms with Gasteiger partial charge in [-0.15, -0.1) is 13.2 Å². The molecule has 0 aliphatic carbocycles. The normalized spacial score (nSPS) is 17.1. The van der Waals surface area contributed by atoms with Gasteiger partial charge in [-0.1, -0.05) is 12.2 Å². The van der Waals surface area contributed by atoms with Crippen LogP contribution in [0, 0.1) is 0 Å². The number of alkyl halides is 1. The lowest BCUT2D eigenvalue weighted by atomic mass is 10.2. The van der Waals surface area contributed by atoms with Crippen molar-refractivity contribution in [3.05, 3.63) is 25.3 Å². The molecule has 0 heterocycles. The lowest BCUT2D eigenvalue weighted by molar-refractivity contribution is 0.349. The van der Waals surface area contributed by atoms with Gasteiger partial charge in [0.15, 0.2) is 0 Å². The van der Waals surface area contributed by atoms with E-state index < -0.39 is 5.29 Å². The van der Waals surface area contributed by atoms with E-state index in [9.17, 15) is 4.39 Å². The van der Waals surface area contributed by atoms with Crippen LogP contribution in [0.4, 0.5) is 4.39 Å². The lowest BCUT2D eigenvalue weighted by Gasteiger charge is -2.10. The molecule has 0 aliphatic rings. The molecule has 0 aliphatic heterocycles. The van der Waals surface area contributed by atoms with Gasteiger partial charge >= 0.3 is 0 Å². The minimum Gasteiger partial charge on any atom is -0.244 e. The minimum absolute atomic E-state index is 0.405. The maximum absolute atomic E-state index is 12.7. The highest BCUT2D eigenvalue weighted by Crippen LogP contribution is 2.11. The third kappa shape index (κ3) is 2.74. The molecule has 46 valence electrons. The van der Waals surface area contributed by atoms with E-state index in [4.69, 9.17) is 0 Å². The van der Waals surface area contributed by atoms with E-state index in [-0.39, 0.29) is 0 Å². The molecule has 0 fully saturated rings. The lowest BCUT2D eigenvalue weighted by Crippen LogP contribution is -2.17. The zero-order valence-electron chi connectivity index (χ0n) is 5.15. The van der Waals surface area contributed by atoms with Crippen molar-refractivity contribution in [2.75, 3.05) is 0 Å². The van der Waals surface area contributed by atoms with Gasteiger partial charge in [0.25, 0.3) is 0 Å². The van der Waals surface area contributed by atoms with Gasteiger partial charge < -0.3 is 0 Å². The molecule has 0 radical (unpaired) electrons. The standard InChI is InChI=1S/C6H11FSi/c1-3-5-6(7,8)4-2/h3-4H,1-2,5H2,8H3. The Balaban J connectivity index is 3.70. The fourth-order valence-corrected chi connectivity index (χ4v) is 0.654. The molecule has 0 rings (SSSR count). The zero-order chi connectivity index (χ0) is 6.62. The summed E-state index contributed by atoms with van der Waals surface area (Å²) in [6.45, 7) is 6.79. The van der Waals surface area contributed by atoms with Crippen molar-refractivity contribution in [2.45, 2.75) is 11.7 Å². The van der Waals surface area contributed by atoms with Crippen molar-refractivity contribution in [1.82, 2.24) is 0 Å².